The number of anilines is 1. The first kappa shape index (κ1) is 9.49. The van der Waals surface area contributed by atoms with Crippen molar-refractivity contribution >= 4 is 29.1 Å². The van der Waals surface area contributed by atoms with Crippen LogP contribution >= 0.6 is 23.4 Å². The summed E-state index contributed by atoms with van der Waals surface area (Å²) < 4.78 is 1.48. The lowest BCUT2D eigenvalue weighted by Gasteiger charge is -2.20. The summed E-state index contributed by atoms with van der Waals surface area (Å²) in [6.07, 6.45) is 1.65. The molecule has 1 heterocycles. The number of nitrogens with zero attached hydrogens (tertiary/aromatic N) is 2. The maximum Gasteiger partial charge on any atom is 0.142 e. The molecule has 0 saturated heterocycles. The molecule has 0 saturated carbocycles. The highest BCUT2D eigenvalue weighted by Crippen LogP contribution is 2.21. The van der Waals surface area contributed by atoms with Crippen LogP contribution in [-0.2, 0) is 0 Å². The van der Waals surface area contributed by atoms with Gasteiger partial charge in [-0.05, 0) is 12.1 Å². The fourth-order valence-electron chi connectivity index (χ4n) is 1.19. The van der Waals surface area contributed by atoms with Crippen molar-refractivity contribution in [2.24, 2.45) is 0 Å². The zero-order valence-corrected chi connectivity index (χ0v) is 8.83. The molecule has 0 unspecified atom stereocenters. The molecule has 1 aliphatic rings. The predicted octanol–water partition coefficient (Wildman–Crippen LogP) is 2.78. The Morgan fingerprint density at radius 1 is 1.21 bits per heavy atom. The van der Waals surface area contributed by atoms with Crippen LogP contribution in [0.3, 0.4) is 0 Å². The zero-order valence-electron chi connectivity index (χ0n) is 7.32. The number of halogens is 2. The summed E-state index contributed by atoms with van der Waals surface area (Å²) in [5.41, 5.74) is 4.11. The molecule has 5 heteroatoms. The quantitative estimate of drug-likeness (QED) is 0.622. The molecule has 1 aliphatic heterocycles. The van der Waals surface area contributed by atoms with Crippen molar-refractivity contribution in [3.05, 3.63) is 41.7 Å². The maximum atomic E-state index is 5.92. The van der Waals surface area contributed by atoms with E-state index in [2.05, 4.69) is 5.43 Å². The topological polar surface area (TPSA) is 18.5 Å². The molecule has 0 aliphatic carbocycles. The van der Waals surface area contributed by atoms with Gasteiger partial charge in [-0.2, -0.15) is 0 Å². The SMILES string of the molecule is ClC1=CN(Cl)CN1Nc1ccccc1. The molecular weight excluding hydrogens is 221 g/mol. The molecule has 2 rings (SSSR count). The highest BCUT2D eigenvalue weighted by atomic mass is 35.5. The van der Waals surface area contributed by atoms with E-state index in [1.165, 1.54) is 4.42 Å². The van der Waals surface area contributed by atoms with Crippen molar-refractivity contribution in [1.29, 1.82) is 0 Å². The third-order valence-electron chi connectivity index (χ3n) is 1.82. The summed E-state index contributed by atoms with van der Waals surface area (Å²) in [4.78, 5) is 0. The van der Waals surface area contributed by atoms with E-state index in [0.29, 0.717) is 11.8 Å². The van der Waals surface area contributed by atoms with Crippen molar-refractivity contribution in [3.8, 4) is 0 Å². The third kappa shape index (κ3) is 2.05. The second kappa shape index (κ2) is 3.98. The molecule has 0 atom stereocenters. The highest BCUT2D eigenvalue weighted by Gasteiger charge is 2.17. The van der Waals surface area contributed by atoms with Crippen LogP contribution in [0.5, 0.6) is 0 Å². The Kier molecular flexibility index (Phi) is 2.70. The fraction of sp³-hybridized carbons (Fsp3) is 0.111. The van der Waals surface area contributed by atoms with E-state index in [4.69, 9.17) is 23.4 Å². The molecule has 74 valence electrons. The smallest absolute Gasteiger partial charge is 0.142 e. The molecule has 3 nitrogen and oxygen atoms in total. The van der Waals surface area contributed by atoms with Gasteiger partial charge < -0.3 is 0 Å². The Bertz CT molecular complexity index is 339. The molecule has 0 fully saturated rings. The van der Waals surface area contributed by atoms with Crippen molar-refractivity contribution in [1.82, 2.24) is 9.43 Å². The molecule has 14 heavy (non-hydrogen) atoms. The molecule has 1 N–H and O–H groups in total. The molecule has 0 amide bonds. The van der Waals surface area contributed by atoms with Gasteiger partial charge in [-0.3, -0.25) is 14.9 Å². The molecule has 0 aromatic heterocycles. The minimum Gasteiger partial charge on any atom is -0.296 e. The van der Waals surface area contributed by atoms with Gasteiger partial charge in [0.2, 0.25) is 0 Å². The zero-order chi connectivity index (χ0) is 9.97. The average molecular weight is 230 g/mol. The Morgan fingerprint density at radius 3 is 2.50 bits per heavy atom. The Morgan fingerprint density at radius 2 is 1.93 bits per heavy atom. The number of benzene rings is 1. The number of rotatable bonds is 2. The predicted molar refractivity (Wildman–Crippen MR) is 58.4 cm³/mol. The van der Waals surface area contributed by atoms with Gasteiger partial charge in [-0.15, -0.1) is 0 Å². The molecule has 0 radical (unpaired) electrons. The van der Waals surface area contributed by atoms with Crippen LogP contribution in [-0.4, -0.2) is 16.1 Å². The van der Waals surface area contributed by atoms with Crippen molar-refractivity contribution in [3.63, 3.8) is 0 Å². The lowest BCUT2D eigenvalue weighted by Crippen LogP contribution is -2.27. The van der Waals surface area contributed by atoms with Gasteiger partial charge in [0.1, 0.15) is 11.8 Å². The van der Waals surface area contributed by atoms with E-state index in [0.717, 1.165) is 5.69 Å². The molecule has 0 bridgehead atoms. The van der Waals surface area contributed by atoms with Crippen LogP contribution < -0.4 is 5.43 Å². The molecule has 1 aromatic carbocycles. The summed E-state index contributed by atoms with van der Waals surface area (Å²) >= 11 is 11.7. The van der Waals surface area contributed by atoms with Crippen molar-refractivity contribution in [2.45, 2.75) is 0 Å². The second-order valence-electron chi connectivity index (χ2n) is 2.90. The first-order valence-corrected chi connectivity index (χ1v) is 4.86. The number of hydrazine groups is 1. The Balaban J connectivity index is 2.03. The van der Waals surface area contributed by atoms with E-state index in [1.807, 2.05) is 30.3 Å². The van der Waals surface area contributed by atoms with Crippen LogP contribution in [0.15, 0.2) is 41.7 Å². The Labute approximate surface area is 92.6 Å². The number of nitrogens with one attached hydrogen (secondary N) is 1. The van der Waals surface area contributed by atoms with Crippen LogP contribution in [0.1, 0.15) is 0 Å². The largest absolute Gasteiger partial charge is 0.296 e. The lowest BCUT2D eigenvalue weighted by atomic mass is 10.3. The maximum absolute atomic E-state index is 5.92. The minimum atomic E-state index is 0.523. The molecule has 0 spiro atoms. The van der Waals surface area contributed by atoms with E-state index >= 15 is 0 Å². The number of hydrogen-bond donors (Lipinski definition) is 1. The van der Waals surface area contributed by atoms with Crippen molar-refractivity contribution < 1.29 is 0 Å². The lowest BCUT2D eigenvalue weighted by molar-refractivity contribution is 0.390. The number of para-hydroxylation sites is 1. The van der Waals surface area contributed by atoms with Gasteiger partial charge in [0, 0.05) is 11.8 Å². The summed E-state index contributed by atoms with van der Waals surface area (Å²) in [5.74, 6) is 0. The normalized spacial score (nSPS) is 15.7. The van der Waals surface area contributed by atoms with Crippen LogP contribution in [0.2, 0.25) is 0 Å². The van der Waals surface area contributed by atoms with Gasteiger partial charge in [-0.1, -0.05) is 29.8 Å². The van der Waals surface area contributed by atoms with Gasteiger partial charge in [-0.25, -0.2) is 0 Å². The molecule has 1 aromatic rings. The van der Waals surface area contributed by atoms with E-state index in [1.54, 1.807) is 11.2 Å². The van der Waals surface area contributed by atoms with Gasteiger partial charge in [0.25, 0.3) is 0 Å². The molecular formula is C9H9Cl2N3. The van der Waals surface area contributed by atoms with Gasteiger partial charge >= 0.3 is 0 Å². The van der Waals surface area contributed by atoms with E-state index < -0.39 is 0 Å². The highest BCUT2D eigenvalue weighted by molar-refractivity contribution is 6.30. The van der Waals surface area contributed by atoms with Crippen LogP contribution in [0.25, 0.3) is 0 Å². The van der Waals surface area contributed by atoms with Crippen molar-refractivity contribution in [2.75, 3.05) is 12.1 Å². The van der Waals surface area contributed by atoms with Crippen LogP contribution in [0.4, 0.5) is 5.69 Å². The summed E-state index contributed by atoms with van der Waals surface area (Å²) in [6.45, 7) is 0.523. The summed E-state index contributed by atoms with van der Waals surface area (Å²) in [5, 5.41) is 2.33. The number of hydrogen-bond acceptors (Lipinski definition) is 3. The van der Waals surface area contributed by atoms with E-state index in [-0.39, 0.29) is 0 Å². The van der Waals surface area contributed by atoms with E-state index in [9.17, 15) is 0 Å². The Hall–Kier alpha value is -1.06. The second-order valence-corrected chi connectivity index (χ2v) is 3.72. The van der Waals surface area contributed by atoms with Crippen LogP contribution in [0, 0.1) is 0 Å². The first-order chi connectivity index (χ1) is 6.75. The van der Waals surface area contributed by atoms with Gasteiger partial charge in [0.05, 0.1) is 11.9 Å². The average Bonchev–Trinajstić information content (AvgIpc) is 2.47. The fourth-order valence-corrected chi connectivity index (χ4v) is 1.65. The monoisotopic (exact) mass is 229 g/mol. The summed E-state index contributed by atoms with van der Waals surface area (Å²) in [7, 11) is 0. The minimum absolute atomic E-state index is 0.523. The third-order valence-corrected chi connectivity index (χ3v) is 2.32. The van der Waals surface area contributed by atoms with Gasteiger partial charge in [0.15, 0.2) is 0 Å². The standard InChI is InChI=1S/C9H9Cl2N3/c10-9-6-13(11)7-14(9)12-8-4-2-1-3-5-8/h1-6,12H,7H2. The first-order valence-electron chi connectivity index (χ1n) is 4.15. The summed E-state index contributed by atoms with van der Waals surface area (Å²) in [6, 6.07) is 9.78.